The fraction of sp³-hybridized carbons (Fsp3) is 0.188. The van der Waals surface area contributed by atoms with E-state index in [0.29, 0.717) is 5.82 Å². The minimum absolute atomic E-state index is 0.0489. The van der Waals surface area contributed by atoms with Gasteiger partial charge in [0.25, 0.3) is 0 Å². The first-order chi connectivity index (χ1) is 10.1. The highest BCUT2D eigenvalue weighted by Gasteiger charge is 2.18. The molecule has 1 heterocycles. The van der Waals surface area contributed by atoms with Gasteiger partial charge in [-0.2, -0.15) is 0 Å². The number of aryl methyl sites for hydroxylation is 1. The van der Waals surface area contributed by atoms with Gasteiger partial charge in [-0.15, -0.1) is 0 Å². The van der Waals surface area contributed by atoms with Crippen LogP contribution in [0.1, 0.15) is 17.5 Å². The molecule has 1 unspecified atom stereocenters. The molecule has 0 aliphatic rings. The molecule has 21 heavy (non-hydrogen) atoms. The maximum Gasteiger partial charge on any atom is 0.164 e. The predicted octanol–water partition coefficient (Wildman–Crippen LogP) is 3.36. The molecule has 0 bridgehead atoms. The van der Waals surface area contributed by atoms with Crippen molar-refractivity contribution < 1.29 is 13.9 Å². The van der Waals surface area contributed by atoms with Crippen molar-refractivity contribution in [3.05, 3.63) is 65.5 Å². The molecular weight excluding hydrogens is 274 g/mol. The number of halogens is 2. The second-order valence-electron chi connectivity index (χ2n) is 4.92. The Labute approximate surface area is 120 Å². The van der Waals surface area contributed by atoms with Gasteiger partial charge < -0.3 is 9.67 Å². The van der Waals surface area contributed by atoms with Crippen LogP contribution in [0.4, 0.5) is 8.78 Å². The Kier molecular flexibility index (Phi) is 3.43. The molecule has 0 aliphatic carbocycles. The second-order valence-corrected chi connectivity index (χ2v) is 4.92. The van der Waals surface area contributed by atoms with E-state index in [9.17, 15) is 13.9 Å². The van der Waals surface area contributed by atoms with E-state index < -0.39 is 17.7 Å². The minimum Gasteiger partial charge on any atom is -0.386 e. The molecule has 0 spiro atoms. The van der Waals surface area contributed by atoms with E-state index in [-0.39, 0.29) is 12.1 Å². The average Bonchev–Trinajstić information content (AvgIpc) is 2.78. The maximum atomic E-state index is 13.7. The molecule has 0 saturated carbocycles. The SMILES string of the molecule is Cc1nc2ccccc2n1CC(O)c1cccc(F)c1F. The molecule has 5 heteroatoms. The van der Waals surface area contributed by atoms with Crippen LogP contribution < -0.4 is 0 Å². The number of rotatable bonds is 3. The molecule has 108 valence electrons. The summed E-state index contributed by atoms with van der Waals surface area (Å²) in [6, 6.07) is 11.3. The van der Waals surface area contributed by atoms with Crippen molar-refractivity contribution in [2.24, 2.45) is 0 Å². The summed E-state index contributed by atoms with van der Waals surface area (Å²) in [5.41, 5.74) is 1.61. The number of aliphatic hydroxyl groups is 1. The molecule has 2 aromatic carbocycles. The number of hydrogen-bond donors (Lipinski definition) is 1. The molecular formula is C16H14F2N2O. The van der Waals surface area contributed by atoms with Crippen LogP contribution in [-0.2, 0) is 6.54 Å². The van der Waals surface area contributed by atoms with Crippen molar-refractivity contribution in [3.63, 3.8) is 0 Å². The molecule has 1 aromatic heterocycles. The lowest BCUT2D eigenvalue weighted by atomic mass is 10.1. The highest BCUT2D eigenvalue weighted by Crippen LogP contribution is 2.24. The zero-order chi connectivity index (χ0) is 15.0. The van der Waals surface area contributed by atoms with Crippen LogP contribution in [-0.4, -0.2) is 14.7 Å². The van der Waals surface area contributed by atoms with Crippen molar-refractivity contribution in [1.82, 2.24) is 9.55 Å². The van der Waals surface area contributed by atoms with Crippen molar-refractivity contribution in [2.45, 2.75) is 19.6 Å². The number of imidazole rings is 1. The molecule has 3 nitrogen and oxygen atoms in total. The summed E-state index contributed by atoms with van der Waals surface area (Å²) >= 11 is 0. The van der Waals surface area contributed by atoms with E-state index in [4.69, 9.17) is 0 Å². The number of benzene rings is 2. The standard InChI is InChI=1S/C16H14F2N2O/c1-10-19-13-7-2-3-8-14(13)20(10)9-15(21)11-5-4-6-12(17)16(11)18/h2-8,15,21H,9H2,1H3. The van der Waals surface area contributed by atoms with Gasteiger partial charge in [-0.1, -0.05) is 24.3 Å². The zero-order valence-electron chi connectivity index (χ0n) is 11.4. The summed E-state index contributed by atoms with van der Waals surface area (Å²) in [6.45, 7) is 1.93. The first-order valence-electron chi connectivity index (χ1n) is 6.62. The largest absolute Gasteiger partial charge is 0.386 e. The summed E-state index contributed by atoms with van der Waals surface area (Å²) in [5, 5.41) is 10.2. The van der Waals surface area contributed by atoms with Crippen LogP contribution in [0.25, 0.3) is 11.0 Å². The van der Waals surface area contributed by atoms with Crippen LogP contribution in [0.15, 0.2) is 42.5 Å². The van der Waals surface area contributed by atoms with E-state index in [1.165, 1.54) is 12.1 Å². The second kappa shape index (κ2) is 5.26. The van der Waals surface area contributed by atoms with E-state index in [1.807, 2.05) is 31.2 Å². The third-order valence-electron chi connectivity index (χ3n) is 3.54. The van der Waals surface area contributed by atoms with Gasteiger partial charge in [0.1, 0.15) is 5.82 Å². The summed E-state index contributed by atoms with van der Waals surface area (Å²) in [7, 11) is 0. The number of para-hydroxylation sites is 2. The lowest BCUT2D eigenvalue weighted by molar-refractivity contribution is 0.151. The summed E-state index contributed by atoms with van der Waals surface area (Å²) in [5.74, 6) is -1.25. The number of aromatic nitrogens is 2. The number of aliphatic hydroxyl groups excluding tert-OH is 1. The summed E-state index contributed by atoms with van der Waals surface area (Å²) < 4.78 is 28.8. The minimum atomic E-state index is -1.14. The third-order valence-corrected chi connectivity index (χ3v) is 3.54. The Morgan fingerprint density at radius 3 is 2.71 bits per heavy atom. The molecule has 3 rings (SSSR count). The highest BCUT2D eigenvalue weighted by atomic mass is 19.2. The normalized spacial score (nSPS) is 12.8. The van der Waals surface area contributed by atoms with Gasteiger partial charge in [-0.3, -0.25) is 0 Å². The monoisotopic (exact) mass is 288 g/mol. The quantitative estimate of drug-likeness (QED) is 0.802. The fourth-order valence-electron chi connectivity index (χ4n) is 2.48. The van der Waals surface area contributed by atoms with Crippen LogP contribution in [0.3, 0.4) is 0 Å². The molecule has 0 aliphatic heterocycles. The summed E-state index contributed by atoms with van der Waals surface area (Å²) in [6.07, 6.45) is -1.14. The van der Waals surface area contributed by atoms with Crippen LogP contribution >= 0.6 is 0 Å². The Balaban J connectivity index is 1.98. The van der Waals surface area contributed by atoms with Crippen molar-refractivity contribution in [1.29, 1.82) is 0 Å². The molecule has 1 atom stereocenters. The lowest BCUT2D eigenvalue weighted by Crippen LogP contribution is -2.12. The first-order valence-corrected chi connectivity index (χ1v) is 6.62. The van der Waals surface area contributed by atoms with Gasteiger partial charge >= 0.3 is 0 Å². The van der Waals surface area contributed by atoms with E-state index in [1.54, 1.807) is 4.57 Å². The Bertz CT molecular complexity index is 798. The highest BCUT2D eigenvalue weighted by molar-refractivity contribution is 5.75. The molecule has 0 saturated heterocycles. The molecule has 0 fully saturated rings. The third kappa shape index (κ3) is 2.40. The Morgan fingerprint density at radius 2 is 1.90 bits per heavy atom. The van der Waals surface area contributed by atoms with Gasteiger partial charge in [0.15, 0.2) is 11.6 Å². The van der Waals surface area contributed by atoms with Gasteiger partial charge in [0.2, 0.25) is 0 Å². The maximum absolute atomic E-state index is 13.7. The van der Waals surface area contributed by atoms with Gasteiger partial charge in [-0.05, 0) is 25.1 Å². The molecule has 0 radical (unpaired) electrons. The van der Waals surface area contributed by atoms with Gasteiger partial charge in [0.05, 0.1) is 23.7 Å². The van der Waals surface area contributed by atoms with E-state index >= 15 is 0 Å². The van der Waals surface area contributed by atoms with E-state index in [0.717, 1.165) is 17.1 Å². The van der Waals surface area contributed by atoms with Gasteiger partial charge in [0, 0.05) is 5.56 Å². The average molecular weight is 288 g/mol. The predicted molar refractivity (Wildman–Crippen MR) is 75.8 cm³/mol. The number of fused-ring (bicyclic) bond motifs is 1. The lowest BCUT2D eigenvalue weighted by Gasteiger charge is -2.15. The number of hydrogen-bond acceptors (Lipinski definition) is 2. The molecule has 3 aromatic rings. The van der Waals surface area contributed by atoms with Crippen molar-refractivity contribution >= 4 is 11.0 Å². The summed E-state index contributed by atoms with van der Waals surface area (Å²) in [4.78, 5) is 4.38. The van der Waals surface area contributed by atoms with Crippen LogP contribution in [0.5, 0.6) is 0 Å². The molecule has 1 N–H and O–H groups in total. The van der Waals surface area contributed by atoms with Crippen molar-refractivity contribution in [3.8, 4) is 0 Å². The first kappa shape index (κ1) is 13.7. The van der Waals surface area contributed by atoms with Gasteiger partial charge in [-0.25, -0.2) is 13.8 Å². The fourth-order valence-corrected chi connectivity index (χ4v) is 2.48. The Morgan fingerprint density at radius 1 is 1.14 bits per heavy atom. The zero-order valence-corrected chi connectivity index (χ0v) is 11.4. The smallest absolute Gasteiger partial charge is 0.164 e. The van der Waals surface area contributed by atoms with E-state index in [2.05, 4.69) is 4.98 Å². The van der Waals surface area contributed by atoms with Crippen LogP contribution in [0, 0.1) is 18.6 Å². The van der Waals surface area contributed by atoms with Crippen molar-refractivity contribution in [2.75, 3.05) is 0 Å². The Hall–Kier alpha value is -2.27. The van der Waals surface area contributed by atoms with Crippen LogP contribution in [0.2, 0.25) is 0 Å². The molecule has 0 amide bonds. The number of nitrogens with zero attached hydrogens (tertiary/aromatic N) is 2. The topological polar surface area (TPSA) is 38.0 Å².